The normalized spacial score (nSPS) is 18.0. The van der Waals surface area contributed by atoms with Gasteiger partial charge in [-0.2, -0.15) is 0 Å². The van der Waals surface area contributed by atoms with Crippen molar-refractivity contribution in [3.63, 3.8) is 0 Å². The lowest BCUT2D eigenvalue weighted by Gasteiger charge is -2.17. The molecule has 0 amide bonds. The molecule has 18 heavy (non-hydrogen) atoms. The SMILES string of the molecule is C=CCON/C(CC)=C1/C(=O)C=C(CC)OC1=O. The predicted molar refractivity (Wildman–Crippen MR) is 66.1 cm³/mol. The number of cyclic esters (lactones) is 1. The number of hydrogen-bond acceptors (Lipinski definition) is 5. The summed E-state index contributed by atoms with van der Waals surface area (Å²) in [6.45, 7) is 7.40. The fraction of sp³-hybridized carbons (Fsp3) is 0.385. The lowest BCUT2D eigenvalue weighted by Crippen LogP contribution is -2.27. The molecule has 0 spiro atoms. The Morgan fingerprint density at radius 3 is 2.72 bits per heavy atom. The first-order chi connectivity index (χ1) is 8.63. The smallest absolute Gasteiger partial charge is 0.349 e. The van der Waals surface area contributed by atoms with Crippen molar-refractivity contribution < 1.29 is 19.2 Å². The zero-order chi connectivity index (χ0) is 13.5. The molecular formula is C13H17NO4. The van der Waals surface area contributed by atoms with Crippen LogP contribution in [0.4, 0.5) is 0 Å². The molecule has 0 aromatic heterocycles. The van der Waals surface area contributed by atoms with Crippen molar-refractivity contribution in [2.24, 2.45) is 0 Å². The Morgan fingerprint density at radius 2 is 2.22 bits per heavy atom. The highest BCUT2D eigenvalue weighted by Gasteiger charge is 2.28. The van der Waals surface area contributed by atoms with Gasteiger partial charge < -0.3 is 4.74 Å². The van der Waals surface area contributed by atoms with Gasteiger partial charge in [0.2, 0.25) is 0 Å². The van der Waals surface area contributed by atoms with Crippen LogP contribution in [0.5, 0.6) is 0 Å². The molecule has 0 aromatic carbocycles. The maximum absolute atomic E-state index is 11.9. The minimum Gasteiger partial charge on any atom is -0.427 e. The van der Waals surface area contributed by atoms with Gasteiger partial charge in [-0.05, 0) is 6.42 Å². The number of hydrogen-bond donors (Lipinski definition) is 1. The van der Waals surface area contributed by atoms with Gasteiger partial charge in [-0.1, -0.05) is 19.9 Å². The van der Waals surface area contributed by atoms with E-state index in [0.29, 0.717) is 24.3 Å². The molecule has 0 saturated carbocycles. The summed E-state index contributed by atoms with van der Waals surface area (Å²) in [6, 6.07) is 0. The van der Waals surface area contributed by atoms with E-state index in [1.807, 2.05) is 13.8 Å². The molecule has 5 heteroatoms. The fourth-order valence-corrected chi connectivity index (χ4v) is 1.45. The third kappa shape index (κ3) is 3.30. The number of rotatable bonds is 6. The van der Waals surface area contributed by atoms with Crippen molar-refractivity contribution in [1.82, 2.24) is 5.48 Å². The van der Waals surface area contributed by atoms with Gasteiger partial charge in [-0.3, -0.25) is 15.1 Å². The number of carbonyl (C=O) groups excluding carboxylic acids is 2. The number of ether oxygens (including phenoxy) is 1. The van der Waals surface area contributed by atoms with Gasteiger partial charge >= 0.3 is 5.97 Å². The van der Waals surface area contributed by atoms with Crippen LogP contribution < -0.4 is 5.48 Å². The number of hydroxylamine groups is 1. The highest BCUT2D eigenvalue weighted by atomic mass is 16.6. The van der Waals surface area contributed by atoms with Crippen LogP contribution in [0.3, 0.4) is 0 Å². The van der Waals surface area contributed by atoms with Crippen molar-refractivity contribution in [1.29, 1.82) is 0 Å². The molecule has 0 unspecified atom stereocenters. The Bertz CT molecular complexity index is 421. The zero-order valence-electron chi connectivity index (χ0n) is 10.6. The summed E-state index contributed by atoms with van der Waals surface area (Å²) in [6.07, 6.45) is 3.86. The van der Waals surface area contributed by atoms with E-state index < -0.39 is 5.97 Å². The molecule has 0 saturated heterocycles. The van der Waals surface area contributed by atoms with E-state index in [9.17, 15) is 9.59 Å². The first-order valence-corrected chi connectivity index (χ1v) is 5.82. The summed E-state index contributed by atoms with van der Waals surface area (Å²) in [7, 11) is 0. The molecule has 0 fully saturated rings. The topological polar surface area (TPSA) is 64.6 Å². The third-order valence-corrected chi connectivity index (χ3v) is 2.37. The van der Waals surface area contributed by atoms with Crippen molar-refractivity contribution in [2.75, 3.05) is 6.61 Å². The van der Waals surface area contributed by atoms with Crippen LogP contribution >= 0.6 is 0 Å². The highest BCUT2D eigenvalue weighted by molar-refractivity contribution is 6.24. The van der Waals surface area contributed by atoms with Crippen molar-refractivity contribution >= 4 is 11.8 Å². The van der Waals surface area contributed by atoms with Crippen LogP contribution in [0.1, 0.15) is 26.7 Å². The average Bonchev–Trinajstić information content (AvgIpc) is 2.35. The van der Waals surface area contributed by atoms with Gasteiger partial charge in [0.25, 0.3) is 0 Å². The number of nitrogens with one attached hydrogen (secondary N) is 1. The van der Waals surface area contributed by atoms with Gasteiger partial charge in [0, 0.05) is 12.5 Å². The minimum absolute atomic E-state index is 0.00115. The molecule has 1 rings (SSSR count). The molecule has 5 nitrogen and oxygen atoms in total. The second-order valence-corrected chi connectivity index (χ2v) is 3.63. The van der Waals surface area contributed by atoms with E-state index in [1.165, 1.54) is 6.08 Å². The van der Waals surface area contributed by atoms with Crippen LogP contribution in [0, 0.1) is 0 Å². The zero-order valence-corrected chi connectivity index (χ0v) is 10.6. The summed E-state index contributed by atoms with van der Waals surface area (Å²) in [4.78, 5) is 28.6. The molecule has 98 valence electrons. The average molecular weight is 251 g/mol. The summed E-state index contributed by atoms with van der Waals surface area (Å²) in [5.74, 6) is -0.600. The number of esters is 1. The van der Waals surface area contributed by atoms with Crippen LogP contribution in [0.15, 0.2) is 35.8 Å². The summed E-state index contributed by atoms with van der Waals surface area (Å²) >= 11 is 0. The molecule has 0 aliphatic carbocycles. The quantitative estimate of drug-likeness (QED) is 0.195. The first kappa shape index (κ1) is 14.2. The van der Waals surface area contributed by atoms with Crippen molar-refractivity contribution in [3.05, 3.63) is 35.8 Å². The molecule has 1 aliphatic heterocycles. The van der Waals surface area contributed by atoms with Crippen LogP contribution in [0.2, 0.25) is 0 Å². The number of allylic oxidation sites excluding steroid dienone is 3. The van der Waals surface area contributed by atoms with E-state index in [1.54, 1.807) is 6.08 Å². The van der Waals surface area contributed by atoms with Gasteiger partial charge in [0.05, 0.1) is 12.3 Å². The summed E-state index contributed by atoms with van der Waals surface area (Å²) in [5.41, 5.74) is 3.01. The Labute approximate surface area is 106 Å². The van der Waals surface area contributed by atoms with E-state index in [0.717, 1.165) is 0 Å². The van der Waals surface area contributed by atoms with Crippen LogP contribution in [-0.4, -0.2) is 18.4 Å². The largest absolute Gasteiger partial charge is 0.427 e. The number of carbonyl (C=O) groups is 2. The Hall–Kier alpha value is -1.88. The van der Waals surface area contributed by atoms with Crippen molar-refractivity contribution in [2.45, 2.75) is 26.7 Å². The monoisotopic (exact) mass is 251 g/mol. The minimum atomic E-state index is -0.633. The van der Waals surface area contributed by atoms with Crippen molar-refractivity contribution in [3.8, 4) is 0 Å². The molecule has 1 heterocycles. The highest BCUT2D eigenvalue weighted by Crippen LogP contribution is 2.19. The molecule has 0 radical (unpaired) electrons. The Kier molecular flexibility index (Phi) is 5.32. The first-order valence-electron chi connectivity index (χ1n) is 5.82. The lowest BCUT2D eigenvalue weighted by molar-refractivity contribution is -0.138. The van der Waals surface area contributed by atoms with Gasteiger partial charge in [-0.15, -0.1) is 6.58 Å². The van der Waals surface area contributed by atoms with Gasteiger partial charge in [-0.25, -0.2) is 4.79 Å². The Balaban J connectivity index is 2.96. The van der Waals surface area contributed by atoms with Crippen LogP contribution in [-0.2, 0) is 19.2 Å². The lowest BCUT2D eigenvalue weighted by atomic mass is 10.0. The molecule has 1 N–H and O–H groups in total. The predicted octanol–water partition coefficient (Wildman–Crippen LogP) is 1.78. The summed E-state index contributed by atoms with van der Waals surface area (Å²) in [5, 5.41) is 0. The van der Waals surface area contributed by atoms with Crippen LogP contribution in [0.25, 0.3) is 0 Å². The second kappa shape index (κ2) is 6.76. The molecule has 0 aromatic rings. The number of ketones is 1. The maximum atomic E-state index is 11.9. The maximum Gasteiger partial charge on any atom is 0.349 e. The van der Waals surface area contributed by atoms with E-state index in [4.69, 9.17) is 9.57 Å². The molecule has 0 atom stereocenters. The standard InChI is InChI=1S/C13H17NO4/c1-4-7-17-14-10(6-3)12-11(15)8-9(5-2)18-13(12)16/h4,8,14H,1,5-7H2,2-3H3/b12-10-. The molecular weight excluding hydrogens is 234 g/mol. The second-order valence-electron chi connectivity index (χ2n) is 3.63. The van der Waals surface area contributed by atoms with E-state index >= 15 is 0 Å². The molecule has 1 aliphatic rings. The van der Waals surface area contributed by atoms with E-state index in [-0.39, 0.29) is 18.0 Å². The van der Waals surface area contributed by atoms with E-state index in [2.05, 4.69) is 12.1 Å². The van der Waals surface area contributed by atoms with Gasteiger partial charge in [0.1, 0.15) is 11.3 Å². The molecule has 0 bridgehead atoms. The summed E-state index contributed by atoms with van der Waals surface area (Å²) < 4.78 is 5.04. The van der Waals surface area contributed by atoms with Gasteiger partial charge in [0.15, 0.2) is 5.78 Å². The Morgan fingerprint density at radius 1 is 1.50 bits per heavy atom. The third-order valence-electron chi connectivity index (χ3n) is 2.37. The fourth-order valence-electron chi connectivity index (χ4n) is 1.45.